The summed E-state index contributed by atoms with van der Waals surface area (Å²) in [6.45, 7) is 1.66. The van der Waals surface area contributed by atoms with Crippen LogP contribution in [0.15, 0.2) is 42.5 Å². The molecule has 0 saturated heterocycles. The summed E-state index contributed by atoms with van der Waals surface area (Å²) in [6, 6.07) is 12.8. The average molecular weight is 258 g/mol. The van der Waals surface area contributed by atoms with E-state index in [1.165, 1.54) is 0 Å². The molecule has 0 aromatic heterocycles. The Balaban J connectivity index is 2.24. The smallest absolute Gasteiger partial charge is 0.345 e. The molecule has 0 aliphatic carbocycles. The summed E-state index contributed by atoms with van der Waals surface area (Å²) in [4.78, 5) is 22.7. The fourth-order valence-corrected chi connectivity index (χ4v) is 1.82. The Bertz CT molecular complexity index is 618. The summed E-state index contributed by atoms with van der Waals surface area (Å²) in [5, 5.41) is 10.8. The second-order valence-electron chi connectivity index (χ2n) is 4.20. The summed E-state index contributed by atoms with van der Waals surface area (Å²) < 4.78 is 4.96. The van der Waals surface area contributed by atoms with E-state index in [0.717, 1.165) is 10.8 Å². The van der Waals surface area contributed by atoms with Gasteiger partial charge in [0.15, 0.2) is 6.10 Å². The molecule has 4 nitrogen and oxygen atoms in total. The fraction of sp³-hybridized carbons (Fsp3) is 0.200. The maximum Gasteiger partial charge on any atom is 0.345 e. The van der Waals surface area contributed by atoms with E-state index >= 15 is 0 Å². The van der Waals surface area contributed by atoms with E-state index in [1.807, 2.05) is 30.3 Å². The molecule has 2 aromatic carbocycles. The van der Waals surface area contributed by atoms with Crippen molar-refractivity contribution < 1.29 is 19.4 Å². The van der Waals surface area contributed by atoms with Crippen molar-refractivity contribution in [2.75, 3.05) is 0 Å². The van der Waals surface area contributed by atoms with Crippen molar-refractivity contribution in [3.8, 4) is 0 Å². The lowest BCUT2D eigenvalue weighted by Gasteiger charge is -2.11. The topological polar surface area (TPSA) is 63.6 Å². The van der Waals surface area contributed by atoms with Crippen molar-refractivity contribution in [1.82, 2.24) is 0 Å². The molecule has 4 heteroatoms. The molecule has 1 N–H and O–H groups in total. The zero-order valence-corrected chi connectivity index (χ0v) is 10.5. The van der Waals surface area contributed by atoms with Crippen LogP contribution in [0.2, 0.25) is 0 Å². The van der Waals surface area contributed by atoms with Gasteiger partial charge in [0.2, 0.25) is 0 Å². The second-order valence-corrected chi connectivity index (χ2v) is 4.20. The summed E-state index contributed by atoms with van der Waals surface area (Å²) in [6.07, 6.45) is -0.853. The van der Waals surface area contributed by atoms with E-state index in [1.54, 1.807) is 19.1 Å². The van der Waals surface area contributed by atoms with Crippen molar-refractivity contribution in [2.24, 2.45) is 0 Å². The van der Waals surface area contributed by atoms with Crippen LogP contribution in [0, 0.1) is 0 Å². The van der Waals surface area contributed by atoms with Gasteiger partial charge in [-0.1, -0.05) is 37.3 Å². The summed E-state index contributed by atoms with van der Waals surface area (Å²) >= 11 is 0. The van der Waals surface area contributed by atoms with Crippen LogP contribution < -0.4 is 0 Å². The highest BCUT2D eigenvalue weighted by atomic mass is 16.6. The minimum atomic E-state index is -1.13. The normalized spacial score (nSPS) is 12.1. The minimum absolute atomic E-state index is 0.245. The number of carbonyl (C=O) groups is 2. The van der Waals surface area contributed by atoms with Gasteiger partial charge in [-0.25, -0.2) is 9.59 Å². The van der Waals surface area contributed by atoms with Crippen molar-refractivity contribution in [2.45, 2.75) is 19.4 Å². The van der Waals surface area contributed by atoms with E-state index in [0.29, 0.717) is 5.56 Å². The van der Waals surface area contributed by atoms with E-state index in [2.05, 4.69) is 0 Å². The summed E-state index contributed by atoms with van der Waals surface area (Å²) in [5.74, 6) is -1.74. The first-order valence-electron chi connectivity index (χ1n) is 6.04. The number of carbonyl (C=O) groups excluding carboxylic acids is 1. The van der Waals surface area contributed by atoms with Gasteiger partial charge in [-0.15, -0.1) is 0 Å². The van der Waals surface area contributed by atoms with Crippen LogP contribution in [-0.4, -0.2) is 23.1 Å². The molecule has 2 rings (SSSR count). The first-order valence-corrected chi connectivity index (χ1v) is 6.04. The van der Waals surface area contributed by atoms with Gasteiger partial charge in [0.25, 0.3) is 0 Å². The number of carboxylic acid groups (broad SMARTS) is 1. The summed E-state index contributed by atoms with van der Waals surface area (Å²) in [5.41, 5.74) is 0.360. The first kappa shape index (κ1) is 13.1. The van der Waals surface area contributed by atoms with Gasteiger partial charge in [0, 0.05) is 0 Å². The molecule has 0 bridgehead atoms. The third-order valence-corrected chi connectivity index (χ3v) is 2.88. The average Bonchev–Trinajstić information content (AvgIpc) is 2.43. The van der Waals surface area contributed by atoms with Crippen LogP contribution in [0.1, 0.15) is 23.7 Å². The third kappa shape index (κ3) is 2.91. The van der Waals surface area contributed by atoms with Crippen molar-refractivity contribution >= 4 is 22.7 Å². The van der Waals surface area contributed by atoms with Crippen LogP contribution >= 0.6 is 0 Å². The molecule has 0 radical (unpaired) electrons. The first-order chi connectivity index (χ1) is 9.11. The maximum absolute atomic E-state index is 11.9. The highest BCUT2D eigenvalue weighted by molar-refractivity contribution is 5.96. The molecular weight excluding hydrogens is 244 g/mol. The van der Waals surface area contributed by atoms with Gasteiger partial charge in [-0.05, 0) is 29.3 Å². The predicted molar refractivity (Wildman–Crippen MR) is 71.1 cm³/mol. The number of benzene rings is 2. The van der Waals surface area contributed by atoms with Crippen molar-refractivity contribution in [3.63, 3.8) is 0 Å². The molecule has 0 saturated carbocycles. The molecule has 98 valence electrons. The molecule has 0 amide bonds. The standard InChI is InChI=1S/C15H14O4/c1-2-13(14(16)17)19-15(18)12-8-7-10-5-3-4-6-11(10)9-12/h3-9,13H,2H2,1H3,(H,16,17). The molecule has 0 heterocycles. The number of hydrogen-bond acceptors (Lipinski definition) is 3. The highest BCUT2D eigenvalue weighted by Crippen LogP contribution is 2.17. The molecule has 0 aliphatic heterocycles. The molecular formula is C15H14O4. The van der Waals surface area contributed by atoms with Gasteiger partial charge < -0.3 is 9.84 Å². The van der Waals surface area contributed by atoms with Gasteiger partial charge in [0.05, 0.1) is 5.56 Å². The Morgan fingerprint density at radius 1 is 1.16 bits per heavy atom. The van der Waals surface area contributed by atoms with Crippen molar-refractivity contribution in [3.05, 3.63) is 48.0 Å². The van der Waals surface area contributed by atoms with Gasteiger partial charge in [-0.2, -0.15) is 0 Å². The van der Waals surface area contributed by atoms with E-state index in [-0.39, 0.29) is 6.42 Å². The molecule has 19 heavy (non-hydrogen) atoms. The molecule has 1 atom stereocenters. The Labute approximate surface area is 110 Å². The number of carboxylic acids is 1. The number of aliphatic carboxylic acids is 1. The van der Waals surface area contributed by atoms with E-state index in [4.69, 9.17) is 9.84 Å². The lowest BCUT2D eigenvalue weighted by Crippen LogP contribution is -2.26. The largest absolute Gasteiger partial charge is 0.479 e. The van der Waals surface area contributed by atoms with E-state index in [9.17, 15) is 9.59 Å². The number of hydrogen-bond donors (Lipinski definition) is 1. The number of esters is 1. The van der Waals surface area contributed by atoms with E-state index < -0.39 is 18.0 Å². The SMILES string of the molecule is CCC(OC(=O)c1ccc2ccccc2c1)C(=O)O. The van der Waals surface area contributed by atoms with Gasteiger partial charge in [-0.3, -0.25) is 0 Å². The Morgan fingerprint density at radius 3 is 2.47 bits per heavy atom. The zero-order chi connectivity index (χ0) is 13.8. The monoisotopic (exact) mass is 258 g/mol. The van der Waals surface area contributed by atoms with Crippen LogP contribution in [-0.2, 0) is 9.53 Å². The maximum atomic E-state index is 11.9. The Morgan fingerprint density at radius 2 is 1.84 bits per heavy atom. The van der Waals surface area contributed by atoms with Crippen LogP contribution in [0.5, 0.6) is 0 Å². The quantitative estimate of drug-likeness (QED) is 0.856. The third-order valence-electron chi connectivity index (χ3n) is 2.88. The molecule has 0 spiro atoms. The van der Waals surface area contributed by atoms with Gasteiger partial charge >= 0.3 is 11.9 Å². The lowest BCUT2D eigenvalue weighted by atomic mass is 10.1. The Hall–Kier alpha value is -2.36. The number of ether oxygens (including phenoxy) is 1. The number of rotatable bonds is 4. The Kier molecular flexibility index (Phi) is 3.80. The van der Waals surface area contributed by atoms with Crippen LogP contribution in [0.3, 0.4) is 0 Å². The summed E-state index contributed by atoms with van der Waals surface area (Å²) in [7, 11) is 0. The molecule has 0 aliphatic rings. The molecule has 2 aromatic rings. The fourth-order valence-electron chi connectivity index (χ4n) is 1.82. The molecule has 0 fully saturated rings. The van der Waals surface area contributed by atoms with Crippen LogP contribution in [0.4, 0.5) is 0 Å². The predicted octanol–water partition coefficient (Wildman–Crippen LogP) is 2.86. The van der Waals surface area contributed by atoms with Crippen molar-refractivity contribution in [1.29, 1.82) is 0 Å². The zero-order valence-electron chi connectivity index (χ0n) is 10.5. The minimum Gasteiger partial charge on any atom is -0.479 e. The lowest BCUT2D eigenvalue weighted by molar-refractivity contribution is -0.147. The van der Waals surface area contributed by atoms with Crippen LogP contribution in [0.25, 0.3) is 10.8 Å². The second kappa shape index (κ2) is 5.52. The van der Waals surface area contributed by atoms with Gasteiger partial charge in [0.1, 0.15) is 0 Å². The number of fused-ring (bicyclic) bond motifs is 1. The highest BCUT2D eigenvalue weighted by Gasteiger charge is 2.20. The molecule has 1 unspecified atom stereocenters.